The molecule has 0 fully saturated rings. The van der Waals surface area contributed by atoms with Gasteiger partial charge in [0.2, 0.25) is 41.4 Å². The Bertz CT molecular complexity index is 1780. The summed E-state index contributed by atoms with van der Waals surface area (Å²) in [6.07, 6.45) is 0.420. The first kappa shape index (κ1) is 62.6. The molecule has 0 bridgehead atoms. The van der Waals surface area contributed by atoms with Crippen molar-refractivity contribution in [2.75, 3.05) is 33.3 Å². The van der Waals surface area contributed by atoms with Gasteiger partial charge in [-0.05, 0) is 76.4 Å². The predicted molar refractivity (Wildman–Crippen MR) is 255 cm³/mol. The number of guanidine groups is 1. The maximum atomic E-state index is 13.8. The second-order valence-corrected chi connectivity index (χ2v) is 17.0. The smallest absolute Gasteiger partial charge is 0.328 e. The lowest BCUT2D eigenvalue weighted by atomic mass is 10.0. The first-order valence-corrected chi connectivity index (χ1v) is 23.0. The number of aliphatic hydroxyl groups is 2. The van der Waals surface area contributed by atoms with Gasteiger partial charge < -0.3 is 74.1 Å². The third kappa shape index (κ3) is 28.5. The molecule has 1 aromatic carbocycles. The molecule has 0 heterocycles. The number of rotatable bonds is 33. The molecule has 0 spiro atoms. The standard InChI is InChI=1S/C37H69N11O11.C8H8O2/c1-8-10-23(45-31(53)24(11-9-15-41-37(38)39)46-34(56)26(17-21(4)5)44-28(51)13-12-20(2)3)33(55)48-30(22(6)50)35(57)42-18-29(52)43-25(14-16-40-7)32(54)47-27(19-49)36(58)59;9-7-10-6-8-4-2-1-3-5-8/h20-27,30,40,49-50H,8-19H2,1-7H3,(H,42,57)(H,43,52)(H,44,51)(H,45,53)(H,46,56)(H,47,54)(H,48,55)(H,58,59)(H4,38,39,41);1-5,7H,6H2/t22?,23?,24?,25-,26?,27?,30-;/m0./s1. The Kier molecular flexibility index (Phi) is 32.4. The first-order chi connectivity index (χ1) is 32.6. The van der Waals surface area contributed by atoms with Crippen molar-refractivity contribution in [3.05, 3.63) is 35.9 Å². The van der Waals surface area contributed by atoms with Crippen LogP contribution in [0.2, 0.25) is 0 Å². The molecule has 1 aromatic rings. The Labute approximate surface area is 404 Å². The van der Waals surface area contributed by atoms with E-state index in [0.717, 1.165) is 5.56 Å². The Morgan fingerprint density at radius 1 is 0.710 bits per heavy atom. The third-order valence-electron chi connectivity index (χ3n) is 9.87. The maximum Gasteiger partial charge on any atom is 0.328 e. The fourth-order valence-electron chi connectivity index (χ4n) is 6.17. The van der Waals surface area contributed by atoms with Crippen LogP contribution >= 0.6 is 0 Å². The van der Waals surface area contributed by atoms with Crippen LogP contribution in [0.4, 0.5) is 0 Å². The molecule has 0 saturated heterocycles. The molecule has 69 heavy (non-hydrogen) atoms. The van der Waals surface area contributed by atoms with E-state index < -0.39 is 96.9 Å². The van der Waals surface area contributed by atoms with Gasteiger partial charge in [0.15, 0.2) is 5.96 Å². The lowest BCUT2D eigenvalue weighted by Crippen LogP contribution is -2.60. The highest BCUT2D eigenvalue weighted by molar-refractivity contribution is 5.97. The van der Waals surface area contributed by atoms with Crippen LogP contribution in [0.25, 0.3) is 0 Å². The van der Waals surface area contributed by atoms with E-state index in [2.05, 4.69) is 52.3 Å². The zero-order valence-electron chi connectivity index (χ0n) is 40.9. The molecule has 390 valence electrons. The Morgan fingerprint density at radius 3 is 1.77 bits per heavy atom. The van der Waals surface area contributed by atoms with E-state index in [1.165, 1.54) is 6.92 Å². The van der Waals surface area contributed by atoms with Gasteiger partial charge in [0, 0.05) is 13.0 Å². The zero-order chi connectivity index (χ0) is 52.5. The summed E-state index contributed by atoms with van der Waals surface area (Å²) >= 11 is 0. The van der Waals surface area contributed by atoms with Gasteiger partial charge in [-0.15, -0.1) is 0 Å². The number of carboxylic acid groups (broad SMARTS) is 1. The summed E-state index contributed by atoms with van der Waals surface area (Å²) in [5.41, 5.74) is 11.9. The first-order valence-electron chi connectivity index (χ1n) is 23.0. The lowest BCUT2D eigenvalue weighted by Gasteiger charge is -2.27. The third-order valence-corrected chi connectivity index (χ3v) is 9.87. The molecule has 7 amide bonds. The van der Waals surface area contributed by atoms with Crippen LogP contribution in [-0.4, -0.2) is 151 Å². The number of ether oxygens (including phenoxy) is 1. The highest BCUT2D eigenvalue weighted by Crippen LogP contribution is 2.10. The van der Waals surface area contributed by atoms with Crippen molar-refractivity contribution in [1.82, 2.24) is 42.5 Å². The molecule has 0 aliphatic heterocycles. The van der Waals surface area contributed by atoms with E-state index in [4.69, 9.17) is 16.6 Å². The average Bonchev–Trinajstić information content (AvgIpc) is 3.29. The number of nitrogens with one attached hydrogen (secondary N) is 8. The molecule has 0 aromatic heterocycles. The number of benzene rings is 1. The van der Waals surface area contributed by atoms with E-state index in [9.17, 15) is 53.4 Å². The Balaban J connectivity index is 0.00000406. The van der Waals surface area contributed by atoms with E-state index >= 15 is 0 Å². The Hall–Kier alpha value is -6.40. The van der Waals surface area contributed by atoms with E-state index in [0.29, 0.717) is 25.9 Å². The number of carbonyl (C=O) groups excluding carboxylic acids is 8. The Morgan fingerprint density at radius 2 is 1.26 bits per heavy atom. The number of aliphatic carboxylic acids is 1. The number of carbonyl (C=O) groups is 9. The normalized spacial score (nSPS) is 13.8. The topological polar surface area (TPSA) is 384 Å². The molecule has 24 nitrogen and oxygen atoms in total. The van der Waals surface area contributed by atoms with Crippen LogP contribution < -0.4 is 54.0 Å². The second kappa shape index (κ2) is 35.7. The van der Waals surface area contributed by atoms with Gasteiger partial charge in [-0.3, -0.25) is 43.3 Å². The van der Waals surface area contributed by atoms with Crippen molar-refractivity contribution in [3.8, 4) is 0 Å². The fraction of sp³-hybridized carbons (Fsp3) is 0.644. The summed E-state index contributed by atoms with van der Waals surface area (Å²) in [5, 5.41) is 48.9. The average molecular weight is 980 g/mol. The fourth-order valence-corrected chi connectivity index (χ4v) is 6.17. The molecule has 0 radical (unpaired) electrons. The number of hydrogen-bond acceptors (Lipinski definition) is 14. The second-order valence-electron chi connectivity index (χ2n) is 17.0. The van der Waals surface area contributed by atoms with Gasteiger partial charge in [0.1, 0.15) is 42.9 Å². The molecular formula is C45H77N11O13. The van der Waals surface area contributed by atoms with Crippen LogP contribution in [-0.2, 0) is 54.5 Å². The summed E-state index contributed by atoms with van der Waals surface area (Å²) in [6.45, 7) is 10.2. The number of amides is 7. The summed E-state index contributed by atoms with van der Waals surface area (Å²) in [6, 6.07) is 1.68. The van der Waals surface area contributed by atoms with Crippen molar-refractivity contribution in [1.29, 1.82) is 0 Å². The van der Waals surface area contributed by atoms with Gasteiger partial charge in [-0.2, -0.15) is 0 Å². The SMILES string of the molecule is CCCC(NC(=O)C(CCCN=C(N)N)NC(=O)C(CC(C)C)NC(=O)CCC(C)C)C(=O)N[C@H](C(=O)NCC(=O)N[C@@H](CCNC)C(=O)NC(CO)C(=O)O)C(C)O.O=COCc1ccccc1. The van der Waals surface area contributed by atoms with E-state index in [1.54, 1.807) is 14.0 Å². The molecule has 1 rings (SSSR count). The summed E-state index contributed by atoms with van der Waals surface area (Å²) in [5.74, 6) is -6.63. The summed E-state index contributed by atoms with van der Waals surface area (Å²) in [7, 11) is 1.58. The number of nitrogens with two attached hydrogens (primary N) is 2. The van der Waals surface area contributed by atoms with Crippen LogP contribution in [0.15, 0.2) is 35.3 Å². The molecule has 7 atom stereocenters. The molecular weight excluding hydrogens is 903 g/mol. The maximum absolute atomic E-state index is 13.8. The minimum atomic E-state index is -1.62. The van der Waals surface area contributed by atoms with Crippen LogP contribution in [0, 0.1) is 11.8 Å². The van der Waals surface area contributed by atoms with Crippen molar-refractivity contribution < 1.29 is 63.2 Å². The van der Waals surface area contributed by atoms with Gasteiger partial charge in [0.25, 0.3) is 6.47 Å². The lowest BCUT2D eigenvalue weighted by molar-refractivity contribution is -0.143. The number of hydrogen-bond donors (Lipinski definition) is 13. The van der Waals surface area contributed by atoms with Crippen molar-refractivity contribution >= 4 is 59.8 Å². The number of carboxylic acids is 1. The number of aliphatic hydroxyl groups excluding tert-OH is 2. The van der Waals surface area contributed by atoms with Gasteiger partial charge in [0.05, 0.1) is 19.3 Å². The predicted octanol–water partition coefficient (Wildman–Crippen LogP) is -2.23. The van der Waals surface area contributed by atoms with E-state index in [1.807, 2.05) is 58.0 Å². The van der Waals surface area contributed by atoms with Crippen molar-refractivity contribution in [2.45, 2.75) is 142 Å². The summed E-state index contributed by atoms with van der Waals surface area (Å²) in [4.78, 5) is 117. The molecule has 0 saturated carbocycles. The molecule has 24 heteroatoms. The molecule has 15 N–H and O–H groups in total. The largest absolute Gasteiger partial charge is 0.480 e. The monoisotopic (exact) mass is 980 g/mol. The highest BCUT2D eigenvalue weighted by atomic mass is 16.5. The minimum absolute atomic E-state index is 0.00841. The van der Waals surface area contributed by atoms with Crippen LogP contribution in [0.3, 0.4) is 0 Å². The minimum Gasteiger partial charge on any atom is -0.480 e. The van der Waals surface area contributed by atoms with Gasteiger partial charge in [-0.25, -0.2) is 4.79 Å². The zero-order valence-corrected chi connectivity index (χ0v) is 40.9. The molecule has 0 aliphatic rings. The van der Waals surface area contributed by atoms with Crippen LogP contribution in [0.1, 0.15) is 98.5 Å². The van der Waals surface area contributed by atoms with Crippen LogP contribution in [0.5, 0.6) is 0 Å². The number of aliphatic imine (C=N–C) groups is 1. The highest BCUT2D eigenvalue weighted by Gasteiger charge is 2.33. The van der Waals surface area contributed by atoms with E-state index in [-0.39, 0.29) is 75.3 Å². The number of nitrogens with zero attached hydrogens (tertiary/aromatic N) is 1. The quantitative estimate of drug-likeness (QED) is 0.0153. The van der Waals surface area contributed by atoms with Gasteiger partial charge >= 0.3 is 5.97 Å². The van der Waals surface area contributed by atoms with Crippen molar-refractivity contribution in [3.63, 3.8) is 0 Å². The molecule has 0 aliphatic carbocycles. The molecule has 5 unspecified atom stereocenters. The summed E-state index contributed by atoms with van der Waals surface area (Å²) < 4.78 is 4.54. The van der Waals surface area contributed by atoms with Gasteiger partial charge in [-0.1, -0.05) is 71.4 Å². The van der Waals surface area contributed by atoms with Crippen molar-refractivity contribution in [2.24, 2.45) is 28.3 Å².